The molecule has 3 saturated heterocycles. The average molecular weight is 357 g/mol. The SMILES string of the molecule is O=C(c1ccnnc1)N1CCC2(CCC(=O)N2CCN2CCCC2)CC1. The number of hydrogen-bond donors (Lipinski definition) is 0. The molecular formula is C19H27N5O2. The molecule has 1 aromatic heterocycles. The molecule has 1 spiro atoms. The van der Waals surface area contributed by atoms with Crippen LogP contribution in [0.3, 0.4) is 0 Å². The molecular weight excluding hydrogens is 330 g/mol. The Hall–Kier alpha value is -2.02. The van der Waals surface area contributed by atoms with Gasteiger partial charge in [0.25, 0.3) is 5.91 Å². The molecule has 4 heterocycles. The zero-order chi connectivity index (χ0) is 18.0. The van der Waals surface area contributed by atoms with E-state index in [1.165, 1.54) is 19.0 Å². The smallest absolute Gasteiger partial charge is 0.255 e. The van der Waals surface area contributed by atoms with Crippen LogP contribution < -0.4 is 0 Å². The number of aromatic nitrogens is 2. The summed E-state index contributed by atoms with van der Waals surface area (Å²) in [4.78, 5) is 31.6. The first-order valence-electron chi connectivity index (χ1n) is 9.77. The quantitative estimate of drug-likeness (QED) is 0.809. The fourth-order valence-electron chi connectivity index (χ4n) is 4.73. The number of rotatable bonds is 4. The first-order chi connectivity index (χ1) is 12.7. The highest BCUT2D eigenvalue weighted by atomic mass is 16.2. The van der Waals surface area contributed by atoms with Crippen LogP contribution >= 0.6 is 0 Å². The van der Waals surface area contributed by atoms with Gasteiger partial charge in [-0.05, 0) is 51.3 Å². The second-order valence-corrected chi connectivity index (χ2v) is 7.74. The van der Waals surface area contributed by atoms with Gasteiger partial charge in [0, 0.05) is 38.1 Å². The Morgan fingerprint density at radius 1 is 1.04 bits per heavy atom. The second kappa shape index (κ2) is 7.31. The molecule has 0 radical (unpaired) electrons. The maximum Gasteiger partial charge on any atom is 0.255 e. The summed E-state index contributed by atoms with van der Waals surface area (Å²) in [5, 5.41) is 7.53. The van der Waals surface area contributed by atoms with Crippen molar-refractivity contribution in [2.45, 2.75) is 44.1 Å². The molecule has 7 heteroatoms. The summed E-state index contributed by atoms with van der Waals surface area (Å²) in [6, 6.07) is 1.71. The third kappa shape index (κ3) is 3.32. The zero-order valence-electron chi connectivity index (χ0n) is 15.3. The highest BCUT2D eigenvalue weighted by molar-refractivity contribution is 5.93. The largest absolute Gasteiger partial charge is 0.338 e. The predicted molar refractivity (Wildman–Crippen MR) is 96.5 cm³/mol. The van der Waals surface area contributed by atoms with Crippen molar-refractivity contribution >= 4 is 11.8 Å². The molecule has 26 heavy (non-hydrogen) atoms. The molecule has 0 unspecified atom stereocenters. The van der Waals surface area contributed by atoms with Crippen LogP contribution in [0, 0.1) is 0 Å². The Balaban J connectivity index is 1.38. The normalized spacial score (nSPS) is 23.2. The summed E-state index contributed by atoms with van der Waals surface area (Å²) in [5.41, 5.74) is 0.550. The lowest BCUT2D eigenvalue weighted by Gasteiger charge is -2.45. The standard InChI is InChI=1S/C19H27N5O2/c25-17-3-5-19(24(17)14-13-22-9-1-2-10-22)6-11-23(12-7-19)18(26)16-4-8-20-21-15-16/h4,8,15H,1-3,5-7,9-14H2. The molecule has 4 rings (SSSR count). The Kier molecular flexibility index (Phi) is 4.89. The van der Waals surface area contributed by atoms with Gasteiger partial charge in [0.15, 0.2) is 0 Å². The molecule has 0 aliphatic carbocycles. The van der Waals surface area contributed by atoms with Crippen molar-refractivity contribution in [3.63, 3.8) is 0 Å². The van der Waals surface area contributed by atoms with Crippen molar-refractivity contribution < 1.29 is 9.59 Å². The third-order valence-electron chi connectivity index (χ3n) is 6.33. The van der Waals surface area contributed by atoms with Crippen LogP contribution in [0.15, 0.2) is 18.5 Å². The summed E-state index contributed by atoms with van der Waals surface area (Å²) in [7, 11) is 0. The Morgan fingerprint density at radius 3 is 2.50 bits per heavy atom. The molecule has 0 aromatic carbocycles. The first-order valence-corrected chi connectivity index (χ1v) is 9.77. The van der Waals surface area contributed by atoms with Crippen molar-refractivity contribution in [1.29, 1.82) is 0 Å². The Morgan fingerprint density at radius 2 is 1.81 bits per heavy atom. The minimum absolute atomic E-state index is 0.0164. The summed E-state index contributed by atoms with van der Waals surface area (Å²) >= 11 is 0. The molecule has 2 amide bonds. The van der Waals surface area contributed by atoms with E-state index in [0.717, 1.165) is 45.4 Å². The maximum absolute atomic E-state index is 12.6. The summed E-state index contributed by atoms with van der Waals surface area (Å²) in [5.74, 6) is 0.310. The first kappa shape index (κ1) is 17.4. The van der Waals surface area contributed by atoms with Crippen molar-refractivity contribution in [3.8, 4) is 0 Å². The highest BCUT2D eigenvalue weighted by Gasteiger charge is 2.47. The highest BCUT2D eigenvalue weighted by Crippen LogP contribution is 2.39. The van der Waals surface area contributed by atoms with E-state index in [4.69, 9.17) is 0 Å². The van der Waals surface area contributed by atoms with E-state index in [9.17, 15) is 9.59 Å². The van der Waals surface area contributed by atoms with Crippen LogP contribution in [0.4, 0.5) is 0 Å². The van der Waals surface area contributed by atoms with Crippen molar-refractivity contribution in [2.24, 2.45) is 0 Å². The average Bonchev–Trinajstić information content (AvgIpc) is 3.30. The number of carbonyl (C=O) groups excluding carboxylic acids is 2. The molecule has 140 valence electrons. The van der Waals surface area contributed by atoms with Gasteiger partial charge in [-0.15, -0.1) is 0 Å². The van der Waals surface area contributed by atoms with Gasteiger partial charge in [-0.2, -0.15) is 10.2 Å². The summed E-state index contributed by atoms with van der Waals surface area (Å²) in [6.07, 6.45) is 8.97. The van der Waals surface area contributed by atoms with Crippen LogP contribution in [-0.4, -0.2) is 81.5 Å². The molecule has 3 aliphatic heterocycles. The monoisotopic (exact) mass is 357 g/mol. The van der Waals surface area contributed by atoms with E-state index in [2.05, 4.69) is 20.0 Å². The van der Waals surface area contributed by atoms with Crippen LogP contribution in [0.25, 0.3) is 0 Å². The number of carbonyl (C=O) groups is 2. The van der Waals surface area contributed by atoms with E-state index < -0.39 is 0 Å². The third-order valence-corrected chi connectivity index (χ3v) is 6.33. The van der Waals surface area contributed by atoms with Crippen LogP contribution in [0.1, 0.15) is 48.9 Å². The van der Waals surface area contributed by atoms with Gasteiger partial charge in [-0.1, -0.05) is 0 Å². The molecule has 3 aliphatic rings. The zero-order valence-corrected chi connectivity index (χ0v) is 15.3. The fraction of sp³-hybridized carbons (Fsp3) is 0.684. The molecule has 0 N–H and O–H groups in total. The lowest BCUT2D eigenvalue weighted by molar-refractivity contribution is -0.132. The van der Waals surface area contributed by atoms with Gasteiger partial charge < -0.3 is 14.7 Å². The van der Waals surface area contributed by atoms with Gasteiger partial charge in [-0.25, -0.2) is 0 Å². The van der Waals surface area contributed by atoms with Crippen LogP contribution in [-0.2, 0) is 4.79 Å². The van der Waals surface area contributed by atoms with E-state index >= 15 is 0 Å². The topological polar surface area (TPSA) is 69.6 Å². The van der Waals surface area contributed by atoms with Crippen LogP contribution in [0.2, 0.25) is 0 Å². The minimum Gasteiger partial charge on any atom is -0.338 e. The van der Waals surface area contributed by atoms with Gasteiger partial charge in [0.05, 0.1) is 18.0 Å². The van der Waals surface area contributed by atoms with Gasteiger partial charge in [0.2, 0.25) is 5.91 Å². The van der Waals surface area contributed by atoms with Gasteiger partial charge in [-0.3, -0.25) is 9.59 Å². The second-order valence-electron chi connectivity index (χ2n) is 7.74. The van der Waals surface area contributed by atoms with E-state index in [1.807, 2.05) is 4.90 Å². The predicted octanol–water partition coefficient (Wildman–Crippen LogP) is 1.17. The van der Waals surface area contributed by atoms with Gasteiger partial charge >= 0.3 is 0 Å². The number of hydrogen-bond acceptors (Lipinski definition) is 5. The number of piperidine rings is 1. The molecule has 0 saturated carbocycles. The molecule has 0 atom stereocenters. The number of likely N-dealkylation sites (tertiary alicyclic amines) is 3. The summed E-state index contributed by atoms with van der Waals surface area (Å²) < 4.78 is 0. The van der Waals surface area contributed by atoms with E-state index in [1.54, 1.807) is 12.3 Å². The maximum atomic E-state index is 12.6. The number of amides is 2. The Bertz CT molecular complexity index is 651. The Labute approximate surface area is 154 Å². The lowest BCUT2D eigenvalue weighted by Crippen LogP contribution is -2.55. The van der Waals surface area contributed by atoms with Crippen LogP contribution in [0.5, 0.6) is 0 Å². The van der Waals surface area contributed by atoms with E-state index in [-0.39, 0.29) is 11.4 Å². The molecule has 7 nitrogen and oxygen atoms in total. The van der Waals surface area contributed by atoms with Crippen molar-refractivity contribution in [2.75, 3.05) is 39.3 Å². The van der Waals surface area contributed by atoms with Crippen molar-refractivity contribution in [3.05, 3.63) is 24.0 Å². The molecule has 1 aromatic rings. The molecule has 0 bridgehead atoms. The number of nitrogens with zero attached hydrogens (tertiary/aromatic N) is 5. The fourth-order valence-corrected chi connectivity index (χ4v) is 4.73. The van der Waals surface area contributed by atoms with Crippen molar-refractivity contribution in [1.82, 2.24) is 24.9 Å². The van der Waals surface area contributed by atoms with Gasteiger partial charge in [0.1, 0.15) is 0 Å². The lowest BCUT2D eigenvalue weighted by atomic mass is 9.84. The molecule has 3 fully saturated rings. The minimum atomic E-state index is -0.0376. The van der Waals surface area contributed by atoms with E-state index in [0.29, 0.717) is 31.0 Å². The summed E-state index contributed by atoms with van der Waals surface area (Å²) in [6.45, 7) is 5.55.